The van der Waals surface area contributed by atoms with Crippen LogP contribution in [0.25, 0.3) is 5.69 Å². The van der Waals surface area contributed by atoms with Crippen LogP contribution in [0.1, 0.15) is 40.3 Å². The van der Waals surface area contributed by atoms with E-state index in [1.165, 1.54) is 28.2 Å². The number of aryl methyl sites for hydroxylation is 2. The monoisotopic (exact) mass is 433 g/mol. The molecule has 0 saturated carbocycles. The number of aromatic nitrogens is 2. The maximum absolute atomic E-state index is 5.80. The van der Waals surface area contributed by atoms with E-state index < -0.39 is 0 Å². The highest BCUT2D eigenvalue weighted by molar-refractivity contribution is 7.80. The highest BCUT2D eigenvalue weighted by Crippen LogP contribution is 2.41. The summed E-state index contributed by atoms with van der Waals surface area (Å²) in [4.78, 5) is 9.19. The summed E-state index contributed by atoms with van der Waals surface area (Å²) < 4.78 is 2.34. The summed E-state index contributed by atoms with van der Waals surface area (Å²) >= 11 is 5.80. The Hall–Kier alpha value is -2.70. The second-order valence-electron chi connectivity index (χ2n) is 8.62. The first-order valence-corrected chi connectivity index (χ1v) is 11.2. The fraction of sp³-hybridized carbons (Fsp3) is 0.360. The van der Waals surface area contributed by atoms with Gasteiger partial charge in [0, 0.05) is 36.4 Å². The van der Waals surface area contributed by atoms with Gasteiger partial charge < -0.3 is 19.7 Å². The van der Waals surface area contributed by atoms with Crippen LogP contribution in [-0.2, 0) is 0 Å². The van der Waals surface area contributed by atoms with E-state index in [2.05, 4.69) is 95.9 Å². The molecule has 4 rings (SSSR count). The molecule has 1 aliphatic rings. The number of rotatable bonds is 6. The zero-order valence-electron chi connectivity index (χ0n) is 19.0. The van der Waals surface area contributed by atoms with E-state index >= 15 is 0 Å². The summed E-state index contributed by atoms with van der Waals surface area (Å²) in [5.41, 5.74) is 7.23. The van der Waals surface area contributed by atoms with Crippen molar-refractivity contribution >= 4 is 17.3 Å². The molecule has 1 saturated heterocycles. The Labute approximate surface area is 190 Å². The predicted octanol–water partition coefficient (Wildman–Crippen LogP) is 4.33. The fourth-order valence-electron chi connectivity index (χ4n) is 4.47. The number of pyridine rings is 1. The highest BCUT2D eigenvalue weighted by atomic mass is 32.1. The first-order chi connectivity index (χ1) is 14.9. The lowest BCUT2D eigenvalue weighted by atomic mass is 9.96. The molecule has 31 heavy (non-hydrogen) atoms. The number of thiocarbonyl (C=S) groups is 1. The van der Waals surface area contributed by atoms with Crippen molar-refractivity contribution in [1.29, 1.82) is 0 Å². The Balaban J connectivity index is 1.80. The van der Waals surface area contributed by atoms with Crippen LogP contribution in [0.2, 0.25) is 0 Å². The Morgan fingerprint density at radius 2 is 1.81 bits per heavy atom. The topological polar surface area (TPSA) is 36.3 Å². The molecule has 3 heterocycles. The van der Waals surface area contributed by atoms with Crippen LogP contribution in [-0.4, -0.2) is 51.6 Å². The minimum atomic E-state index is 0.0165. The van der Waals surface area contributed by atoms with Gasteiger partial charge in [0.15, 0.2) is 5.11 Å². The smallest absolute Gasteiger partial charge is 0.170 e. The van der Waals surface area contributed by atoms with Crippen molar-refractivity contribution in [1.82, 2.24) is 24.7 Å². The van der Waals surface area contributed by atoms with E-state index in [9.17, 15) is 0 Å². The van der Waals surface area contributed by atoms with E-state index in [4.69, 9.17) is 12.2 Å². The van der Waals surface area contributed by atoms with Crippen molar-refractivity contribution in [2.24, 2.45) is 0 Å². The maximum atomic E-state index is 5.80. The molecule has 1 aliphatic heterocycles. The van der Waals surface area contributed by atoms with Crippen LogP contribution in [0.3, 0.4) is 0 Å². The average Bonchev–Trinajstić information content (AvgIpc) is 3.23. The molecule has 2 atom stereocenters. The third-order valence-electron chi connectivity index (χ3n) is 6.07. The molecule has 0 amide bonds. The molecule has 2 aromatic heterocycles. The summed E-state index contributed by atoms with van der Waals surface area (Å²) in [5, 5.41) is 4.36. The molecule has 162 valence electrons. The van der Waals surface area contributed by atoms with Gasteiger partial charge in [0.05, 0.1) is 17.8 Å². The van der Waals surface area contributed by atoms with Gasteiger partial charge in [0.25, 0.3) is 0 Å². The first-order valence-electron chi connectivity index (χ1n) is 10.8. The van der Waals surface area contributed by atoms with Gasteiger partial charge in [-0.25, -0.2) is 0 Å². The minimum absolute atomic E-state index is 0.0165. The average molecular weight is 434 g/mol. The molecule has 0 aliphatic carbocycles. The number of nitrogens with zero attached hydrogens (tertiary/aromatic N) is 4. The second-order valence-corrected chi connectivity index (χ2v) is 9.01. The van der Waals surface area contributed by atoms with Crippen molar-refractivity contribution in [3.63, 3.8) is 0 Å². The van der Waals surface area contributed by atoms with E-state index in [0.717, 1.165) is 23.9 Å². The highest BCUT2D eigenvalue weighted by Gasteiger charge is 2.41. The summed E-state index contributed by atoms with van der Waals surface area (Å²) in [5.74, 6) is 0. The number of nitrogens with one attached hydrogen (secondary N) is 1. The quantitative estimate of drug-likeness (QED) is 0.586. The molecule has 1 aromatic carbocycles. The standard InChI is InChI=1S/C25H31N5S/c1-17-9-11-20(12-10-17)30-18(2)16-21(19(30)3)24-23(22-8-6-7-13-26-22)27-25(31)29(24)15-14-28(4)5/h6-13,16,23-24H,14-15H2,1-5H3,(H,27,31)/t23-,24+/m1/s1. The summed E-state index contributed by atoms with van der Waals surface area (Å²) in [7, 11) is 4.20. The Bertz CT molecular complexity index is 1060. The van der Waals surface area contributed by atoms with Gasteiger partial charge in [0.1, 0.15) is 0 Å². The molecule has 6 heteroatoms. The first kappa shape index (κ1) is 21.5. The maximum Gasteiger partial charge on any atom is 0.170 e. The van der Waals surface area contributed by atoms with Crippen molar-refractivity contribution in [2.45, 2.75) is 32.9 Å². The van der Waals surface area contributed by atoms with Crippen molar-refractivity contribution in [3.8, 4) is 5.69 Å². The fourth-order valence-corrected chi connectivity index (χ4v) is 4.80. The van der Waals surface area contributed by atoms with Gasteiger partial charge in [-0.15, -0.1) is 0 Å². The van der Waals surface area contributed by atoms with Gasteiger partial charge in [-0.05, 0) is 83.0 Å². The number of hydrogen-bond donors (Lipinski definition) is 1. The molecular weight excluding hydrogens is 402 g/mol. The zero-order chi connectivity index (χ0) is 22.1. The molecule has 0 spiro atoms. The van der Waals surface area contributed by atoms with Crippen molar-refractivity contribution < 1.29 is 0 Å². The normalized spacial score (nSPS) is 18.6. The van der Waals surface area contributed by atoms with Crippen LogP contribution in [0.4, 0.5) is 0 Å². The molecule has 1 N–H and O–H groups in total. The van der Waals surface area contributed by atoms with E-state index in [-0.39, 0.29) is 12.1 Å². The van der Waals surface area contributed by atoms with E-state index in [0.29, 0.717) is 0 Å². The van der Waals surface area contributed by atoms with Crippen molar-refractivity contribution in [3.05, 3.63) is 82.9 Å². The molecule has 0 radical (unpaired) electrons. The van der Waals surface area contributed by atoms with Crippen LogP contribution < -0.4 is 5.32 Å². The zero-order valence-corrected chi connectivity index (χ0v) is 19.8. The molecule has 0 bridgehead atoms. The lowest BCUT2D eigenvalue weighted by molar-refractivity contribution is 0.277. The third-order valence-corrected chi connectivity index (χ3v) is 6.42. The van der Waals surface area contributed by atoms with Gasteiger partial charge in [0.2, 0.25) is 0 Å². The lowest BCUT2D eigenvalue weighted by Gasteiger charge is -2.29. The Morgan fingerprint density at radius 3 is 2.45 bits per heavy atom. The van der Waals surface area contributed by atoms with E-state index in [1.54, 1.807) is 0 Å². The van der Waals surface area contributed by atoms with Gasteiger partial charge in [-0.1, -0.05) is 23.8 Å². The van der Waals surface area contributed by atoms with E-state index in [1.807, 2.05) is 18.3 Å². The van der Waals surface area contributed by atoms with Crippen LogP contribution in [0, 0.1) is 20.8 Å². The predicted molar refractivity (Wildman–Crippen MR) is 131 cm³/mol. The summed E-state index contributed by atoms with van der Waals surface area (Å²) in [6.45, 7) is 8.31. The van der Waals surface area contributed by atoms with Gasteiger partial charge in [-0.2, -0.15) is 0 Å². The van der Waals surface area contributed by atoms with Crippen LogP contribution >= 0.6 is 12.2 Å². The minimum Gasteiger partial charge on any atom is -0.352 e. The summed E-state index contributed by atoms with van der Waals surface area (Å²) in [6.07, 6.45) is 1.86. The third kappa shape index (κ3) is 4.23. The number of hydrogen-bond acceptors (Lipinski definition) is 3. The van der Waals surface area contributed by atoms with Crippen LogP contribution in [0.15, 0.2) is 54.7 Å². The largest absolute Gasteiger partial charge is 0.352 e. The number of benzene rings is 1. The Kier molecular flexibility index (Phi) is 6.12. The van der Waals surface area contributed by atoms with Crippen LogP contribution in [0.5, 0.6) is 0 Å². The lowest BCUT2D eigenvalue weighted by Crippen LogP contribution is -2.35. The second kappa shape index (κ2) is 8.81. The molecular formula is C25H31N5S. The van der Waals surface area contributed by atoms with Crippen molar-refractivity contribution in [2.75, 3.05) is 27.2 Å². The summed E-state index contributed by atoms with van der Waals surface area (Å²) in [6, 6.07) is 17.2. The molecule has 3 aromatic rings. The number of likely N-dealkylation sites (N-methyl/N-ethyl adjacent to an activating group) is 1. The van der Waals surface area contributed by atoms with Gasteiger partial charge in [-0.3, -0.25) is 4.98 Å². The molecule has 5 nitrogen and oxygen atoms in total. The van der Waals surface area contributed by atoms with Gasteiger partial charge >= 0.3 is 0 Å². The molecule has 1 fully saturated rings. The SMILES string of the molecule is Cc1ccc(-n2c(C)cc([C@H]3[C@@H](c4ccccn4)NC(=S)N3CCN(C)C)c2C)cc1. The molecule has 0 unspecified atom stereocenters. The Morgan fingerprint density at radius 1 is 1.06 bits per heavy atom.